The predicted molar refractivity (Wildman–Crippen MR) is 87.2 cm³/mol. The molecule has 2 amide bonds. The fraction of sp³-hybridized carbons (Fsp3) is 0.118. The van der Waals surface area contributed by atoms with Crippen LogP contribution in [0.25, 0.3) is 11.0 Å². The third kappa shape index (κ3) is 2.44. The molecule has 23 heavy (non-hydrogen) atoms. The molecule has 6 nitrogen and oxygen atoms in total. The van der Waals surface area contributed by atoms with Gasteiger partial charge < -0.3 is 10.3 Å². The molecule has 2 aromatic carbocycles. The predicted octanol–water partition coefficient (Wildman–Crippen LogP) is 2.63. The van der Waals surface area contributed by atoms with Gasteiger partial charge in [0.25, 0.3) is 0 Å². The van der Waals surface area contributed by atoms with Crippen LogP contribution in [0.15, 0.2) is 48.5 Å². The van der Waals surface area contributed by atoms with Gasteiger partial charge in [-0.15, -0.1) is 0 Å². The fourth-order valence-corrected chi connectivity index (χ4v) is 2.86. The number of rotatable bonds is 2. The van der Waals surface area contributed by atoms with Crippen LogP contribution in [0.5, 0.6) is 0 Å². The largest absolute Gasteiger partial charge is 0.326 e. The smallest absolute Gasteiger partial charge is 0.234 e. The Kier molecular flexibility index (Phi) is 3.08. The molecule has 1 unspecified atom stereocenters. The first kappa shape index (κ1) is 13.5. The second-order valence-electron chi connectivity index (χ2n) is 5.48. The Bertz CT molecular complexity index is 883. The highest BCUT2D eigenvalue weighted by molar-refractivity contribution is 6.04. The van der Waals surface area contributed by atoms with Crippen molar-refractivity contribution in [1.82, 2.24) is 9.97 Å². The van der Waals surface area contributed by atoms with E-state index in [9.17, 15) is 9.59 Å². The fourth-order valence-electron chi connectivity index (χ4n) is 2.86. The Morgan fingerprint density at radius 3 is 2.78 bits per heavy atom. The third-order valence-electron chi connectivity index (χ3n) is 3.95. The maximum atomic E-state index is 12.6. The number of carbonyl (C=O) groups excluding carboxylic acids is 2. The number of fused-ring (bicyclic) bond motifs is 2. The summed E-state index contributed by atoms with van der Waals surface area (Å²) in [4.78, 5) is 31.8. The number of amides is 2. The van der Waals surface area contributed by atoms with E-state index in [1.165, 1.54) is 0 Å². The first-order valence-corrected chi connectivity index (χ1v) is 7.35. The number of aromatic amines is 1. The average Bonchev–Trinajstić information content (AvgIpc) is 2.96. The molecule has 0 fully saturated rings. The maximum Gasteiger partial charge on any atom is 0.234 e. The molecule has 0 spiro atoms. The molecule has 4 rings (SSSR count). The molecule has 1 aliphatic heterocycles. The highest BCUT2D eigenvalue weighted by Crippen LogP contribution is 2.32. The molecule has 0 aliphatic carbocycles. The van der Waals surface area contributed by atoms with Crippen molar-refractivity contribution in [2.45, 2.75) is 12.3 Å². The van der Waals surface area contributed by atoms with Gasteiger partial charge in [0, 0.05) is 12.1 Å². The van der Waals surface area contributed by atoms with Crippen LogP contribution >= 0.6 is 0 Å². The topological polar surface area (TPSA) is 86.9 Å². The second-order valence-corrected chi connectivity index (χ2v) is 5.48. The van der Waals surface area contributed by atoms with Crippen LogP contribution < -0.4 is 10.6 Å². The quantitative estimate of drug-likeness (QED) is 0.680. The zero-order valence-electron chi connectivity index (χ0n) is 12.2. The van der Waals surface area contributed by atoms with E-state index in [-0.39, 0.29) is 18.2 Å². The third-order valence-corrected chi connectivity index (χ3v) is 3.95. The summed E-state index contributed by atoms with van der Waals surface area (Å²) in [6, 6.07) is 14.9. The van der Waals surface area contributed by atoms with Gasteiger partial charge in [0.1, 0.15) is 0 Å². The van der Waals surface area contributed by atoms with Crippen molar-refractivity contribution >= 4 is 34.5 Å². The van der Waals surface area contributed by atoms with Crippen LogP contribution in [0.3, 0.4) is 0 Å². The first-order chi connectivity index (χ1) is 11.2. The summed E-state index contributed by atoms with van der Waals surface area (Å²) in [6.45, 7) is 0. The molecule has 1 aliphatic rings. The van der Waals surface area contributed by atoms with Crippen LogP contribution in [0.4, 0.5) is 11.6 Å². The molecule has 0 bridgehead atoms. The van der Waals surface area contributed by atoms with Crippen LogP contribution in [0, 0.1) is 0 Å². The molecule has 0 saturated heterocycles. The minimum atomic E-state index is -0.520. The van der Waals surface area contributed by atoms with E-state index in [1.54, 1.807) is 6.07 Å². The van der Waals surface area contributed by atoms with E-state index >= 15 is 0 Å². The van der Waals surface area contributed by atoms with Crippen LogP contribution in [0.1, 0.15) is 17.9 Å². The number of aromatic nitrogens is 2. The van der Waals surface area contributed by atoms with E-state index in [4.69, 9.17) is 0 Å². The van der Waals surface area contributed by atoms with Crippen molar-refractivity contribution in [3.63, 3.8) is 0 Å². The number of carbonyl (C=O) groups is 2. The summed E-state index contributed by atoms with van der Waals surface area (Å²) in [5, 5.41) is 5.56. The molecule has 114 valence electrons. The van der Waals surface area contributed by atoms with E-state index in [0.29, 0.717) is 11.6 Å². The van der Waals surface area contributed by atoms with Crippen molar-refractivity contribution in [2.24, 2.45) is 0 Å². The Balaban J connectivity index is 1.63. The van der Waals surface area contributed by atoms with Gasteiger partial charge in [-0.05, 0) is 23.8 Å². The standard InChI is InChI=1S/C17H14N4O2/c22-15-9-11(10-5-1-2-6-12(10)18-15)16(23)21-17-19-13-7-3-4-8-14(13)20-17/h1-8,11H,9H2,(H,18,22)(H2,19,20,21,23). The molecule has 0 radical (unpaired) electrons. The van der Waals surface area contributed by atoms with Crippen LogP contribution in [-0.2, 0) is 9.59 Å². The summed E-state index contributed by atoms with van der Waals surface area (Å²) in [5.41, 5.74) is 3.14. The van der Waals surface area contributed by atoms with Crippen molar-refractivity contribution in [1.29, 1.82) is 0 Å². The second kappa shape index (κ2) is 5.24. The van der Waals surface area contributed by atoms with E-state index in [1.807, 2.05) is 42.5 Å². The van der Waals surface area contributed by atoms with Crippen LogP contribution in [0.2, 0.25) is 0 Å². The average molecular weight is 306 g/mol. The Labute approximate surface area is 131 Å². The summed E-state index contributed by atoms with van der Waals surface area (Å²) in [5.74, 6) is -0.535. The summed E-state index contributed by atoms with van der Waals surface area (Å²) >= 11 is 0. The van der Waals surface area contributed by atoms with E-state index in [0.717, 1.165) is 16.6 Å². The van der Waals surface area contributed by atoms with Crippen molar-refractivity contribution in [3.8, 4) is 0 Å². The number of benzene rings is 2. The zero-order valence-corrected chi connectivity index (χ0v) is 12.2. The summed E-state index contributed by atoms with van der Waals surface area (Å²) in [6.07, 6.45) is 0.128. The molecule has 3 aromatic rings. The Morgan fingerprint density at radius 2 is 1.91 bits per heavy atom. The number of para-hydroxylation sites is 3. The lowest BCUT2D eigenvalue weighted by molar-refractivity contribution is -0.123. The van der Waals surface area contributed by atoms with Gasteiger partial charge >= 0.3 is 0 Å². The number of nitrogens with zero attached hydrogens (tertiary/aromatic N) is 1. The maximum absolute atomic E-state index is 12.6. The van der Waals surface area contributed by atoms with Crippen LogP contribution in [-0.4, -0.2) is 21.8 Å². The number of imidazole rings is 1. The van der Waals surface area contributed by atoms with Crippen molar-refractivity contribution < 1.29 is 9.59 Å². The SMILES string of the molecule is O=C1CC(C(=O)Nc2nc3ccccc3[nH]2)c2ccccc2N1. The summed E-state index contributed by atoms with van der Waals surface area (Å²) < 4.78 is 0. The molecule has 3 N–H and O–H groups in total. The van der Waals surface area contributed by atoms with Gasteiger partial charge in [-0.1, -0.05) is 30.3 Å². The molecular formula is C17H14N4O2. The zero-order chi connectivity index (χ0) is 15.8. The molecule has 6 heteroatoms. The lowest BCUT2D eigenvalue weighted by atomic mass is 9.90. The lowest BCUT2D eigenvalue weighted by Gasteiger charge is -2.24. The van der Waals surface area contributed by atoms with Gasteiger partial charge in [0.05, 0.1) is 17.0 Å². The van der Waals surface area contributed by atoms with Gasteiger partial charge in [0.15, 0.2) is 0 Å². The number of anilines is 2. The van der Waals surface area contributed by atoms with E-state index < -0.39 is 5.92 Å². The first-order valence-electron chi connectivity index (χ1n) is 7.35. The number of nitrogens with one attached hydrogen (secondary N) is 3. The minimum absolute atomic E-state index is 0.128. The van der Waals surface area contributed by atoms with Gasteiger partial charge in [0.2, 0.25) is 17.8 Å². The summed E-state index contributed by atoms with van der Waals surface area (Å²) in [7, 11) is 0. The van der Waals surface area contributed by atoms with Crippen molar-refractivity contribution in [3.05, 3.63) is 54.1 Å². The van der Waals surface area contributed by atoms with E-state index in [2.05, 4.69) is 20.6 Å². The van der Waals surface area contributed by atoms with Crippen molar-refractivity contribution in [2.75, 3.05) is 10.6 Å². The lowest BCUT2D eigenvalue weighted by Crippen LogP contribution is -2.31. The molecule has 2 heterocycles. The number of hydrogen-bond acceptors (Lipinski definition) is 3. The van der Waals surface area contributed by atoms with Gasteiger partial charge in [-0.3, -0.25) is 14.9 Å². The number of H-pyrrole nitrogens is 1. The highest BCUT2D eigenvalue weighted by atomic mass is 16.2. The van der Waals surface area contributed by atoms with Gasteiger partial charge in [-0.2, -0.15) is 0 Å². The normalized spacial score (nSPS) is 16.7. The highest BCUT2D eigenvalue weighted by Gasteiger charge is 2.30. The molecule has 1 atom stereocenters. The Morgan fingerprint density at radius 1 is 1.13 bits per heavy atom. The monoisotopic (exact) mass is 306 g/mol. The molecule has 1 aromatic heterocycles. The molecule has 0 saturated carbocycles. The number of hydrogen-bond donors (Lipinski definition) is 3. The minimum Gasteiger partial charge on any atom is -0.326 e. The Hall–Kier alpha value is -3.15. The van der Waals surface area contributed by atoms with Gasteiger partial charge in [-0.25, -0.2) is 4.98 Å². The molecular weight excluding hydrogens is 292 g/mol.